The molecule has 0 saturated heterocycles. The van der Waals surface area contributed by atoms with E-state index in [2.05, 4.69) is 17.1 Å². The third-order valence-electron chi connectivity index (χ3n) is 3.32. The van der Waals surface area contributed by atoms with Gasteiger partial charge in [0, 0.05) is 11.2 Å². The summed E-state index contributed by atoms with van der Waals surface area (Å²) in [4.78, 5) is 9.73. The summed E-state index contributed by atoms with van der Waals surface area (Å²) < 4.78 is 0. The van der Waals surface area contributed by atoms with Crippen LogP contribution in [0.15, 0.2) is 23.4 Å². The first-order chi connectivity index (χ1) is 8.55. The third-order valence-corrected chi connectivity index (χ3v) is 3.32. The molecule has 0 radical (unpaired) electrons. The van der Waals surface area contributed by atoms with Gasteiger partial charge in [0.15, 0.2) is 6.61 Å². The van der Waals surface area contributed by atoms with Gasteiger partial charge in [0.1, 0.15) is 0 Å². The molecule has 0 bridgehead atoms. The van der Waals surface area contributed by atoms with Crippen LogP contribution in [0.3, 0.4) is 0 Å². The van der Waals surface area contributed by atoms with E-state index >= 15 is 0 Å². The molecule has 1 fully saturated rings. The molecular weight excluding hydrogens is 226 g/mol. The van der Waals surface area contributed by atoms with Crippen molar-refractivity contribution in [2.45, 2.75) is 51.7 Å². The second-order valence-corrected chi connectivity index (χ2v) is 5.36. The Kier molecular flexibility index (Phi) is 3.97. The lowest BCUT2D eigenvalue weighted by Crippen LogP contribution is -2.40. The predicted molar refractivity (Wildman–Crippen MR) is 72.3 cm³/mol. The molecule has 4 heteroatoms. The summed E-state index contributed by atoms with van der Waals surface area (Å²) >= 11 is 0. The Hall–Kier alpha value is -1.42. The average Bonchev–Trinajstić information content (AvgIpc) is 2.31. The quantitative estimate of drug-likeness (QED) is 0.835. The van der Waals surface area contributed by atoms with Crippen molar-refractivity contribution < 1.29 is 4.84 Å². The van der Waals surface area contributed by atoms with E-state index in [0.717, 1.165) is 42.8 Å². The molecule has 2 rings (SSSR count). The van der Waals surface area contributed by atoms with Crippen LogP contribution >= 0.6 is 0 Å². The molecule has 1 aliphatic carbocycles. The summed E-state index contributed by atoms with van der Waals surface area (Å²) in [7, 11) is 0. The molecule has 1 aliphatic rings. The number of aromatic nitrogens is 1. The van der Waals surface area contributed by atoms with Crippen molar-refractivity contribution in [2.24, 2.45) is 10.9 Å². The first-order valence-electron chi connectivity index (χ1n) is 6.44. The summed E-state index contributed by atoms with van der Waals surface area (Å²) in [6.07, 6.45) is 3.85. The number of pyridine rings is 1. The summed E-state index contributed by atoms with van der Waals surface area (Å²) in [6.45, 7) is 4.50. The van der Waals surface area contributed by atoms with Crippen LogP contribution in [0.25, 0.3) is 0 Å². The molecule has 0 amide bonds. The van der Waals surface area contributed by atoms with Crippen LogP contribution < -0.4 is 5.73 Å². The van der Waals surface area contributed by atoms with E-state index in [9.17, 15) is 0 Å². The van der Waals surface area contributed by atoms with E-state index in [0.29, 0.717) is 6.61 Å². The molecule has 98 valence electrons. The number of aryl methyl sites for hydroxylation is 1. The first-order valence-corrected chi connectivity index (χ1v) is 6.44. The van der Waals surface area contributed by atoms with Crippen molar-refractivity contribution in [3.63, 3.8) is 0 Å². The first kappa shape index (κ1) is 13.0. The lowest BCUT2D eigenvalue weighted by atomic mass is 9.83. The van der Waals surface area contributed by atoms with Gasteiger partial charge in [-0.15, -0.1) is 0 Å². The van der Waals surface area contributed by atoms with E-state index < -0.39 is 0 Å². The zero-order valence-electron chi connectivity index (χ0n) is 11.1. The Labute approximate surface area is 108 Å². The highest BCUT2D eigenvalue weighted by Crippen LogP contribution is 2.23. The fourth-order valence-electron chi connectivity index (χ4n) is 2.07. The summed E-state index contributed by atoms with van der Waals surface area (Å²) in [5, 5.41) is 4.19. The molecule has 0 atom stereocenters. The zero-order chi connectivity index (χ0) is 13.0. The Morgan fingerprint density at radius 2 is 2.11 bits per heavy atom. The molecule has 0 unspecified atom stereocenters. The molecule has 1 aromatic rings. The summed E-state index contributed by atoms with van der Waals surface area (Å²) in [5.74, 6) is 0. The Morgan fingerprint density at radius 1 is 1.39 bits per heavy atom. The molecule has 4 nitrogen and oxygen atoms in total. The van der Waals surface area contributed by atoms with E-state index in [1.54, 1.807) is 0 Å². The maximum absolute atomic E-state index is 6.07. The molecule has 1 aromatic heterocycles. The Morgan fingerprint density at radius 3 is 2.78 bits per heavy atom. The van der Waals surface area contributed by atoms with Gasteiger partial charge in [-0.25, -0.2) is 0 Å². The van der Waals surface area contributed by atoms with Crippen molar-refractivity contribution in [3.05, 3.63) is 29.6 Å². The largest absolute Gasteiger partial charge is 0.389 e. The second-order valence-electron chi connectivity index (χ2n) is 5.36. The molecule has 1 saturated carbocycles. The van der Waals surface area contributed by atoms with Gasteiger partial charge in [0.05, 0.1) is 11.4 Å². The summed E-state index contributed by atoms with van der Waals surface area (Å²) in [6, 6.07) is 5.90. The maximum Gasteiger partial charge on any atom is 0.159 e. The zero-order valence-corrected chi connectivity index (χ0v) is 11.1. The number of hydrogen-bond acceptors (Lipinski definition) is 4. The SMILES string of the molecule is Cc1cccc(CON=C2CCC(C)(N)CC2)n1. The number of nitrogens with zero attached hydrogens (tertiary/aromatic N) is 2. The van der Waals surface area contributed by atoms with Gasteiger partial charge in [-0.2, -0.15) is 0 Å². The number of hydrogen-bond donors (Lipinski definition) is 1. The van der Waals surface area contributed by atoms with E-state index in [1.165, 1.54) is 0 Å². The molecule has 0 aromatic carbocycles. The molecule has 0 aliphatic heterocycles. The lowest BCUT2D eigenvalue weighted by molar-refractivity contribution is 0.125. The van der Waals surface area contributed by atoms with Gasteiger partial charge in [-0.05, 0) is 51.7 Å². The number of oxime groups is 1. The van der Waals surface area contributed by atoms with Crippen LogP contribution in [0, 0.1) is 6.92 Å². The van der Waals surface area contributed by atoms with Gasteiger partial charge in [-0.3, -0.25) is 4.98 Å². The lowest BCUT2D eigenvalue weighted by Gasteiger charge is -2.29. The minimum absolute atomic E-state index is 0.0306. The highest BCUT2D eigenvalue weighted by atomic mass is 16.6. The minimum Gasteiger partial charge on any atom is -0.389 e. The number of nitrogens with two attached hydrogens (primary N) is 1. The molecule has 2 N–H and O–H groups in total. The van der Waals surface area contributed by atoms with Crippen LogP contribution in [0.2, 0.25) is 0 Å². The highest BCUT2D eigenvalue weighted by molar-refractivity contribution is 5.84. The Bertz CT molecular complexity index is 428. The minimum atomic E-state index is -0.0306. The topological polar surface area (TPSA) is 60.5 Å². The van der Waals surface area contributed by atoms with Crippen LogP contribution in [0.4, 0.5) is 0 Å². The Balaban J connectivity index is 1.82. The fourth-order valence-corrected chi connectivity index (χ4v) is 2.07. The van der Waals surface area contributed by atoms with Crippen LogP contribution in [-0.4, -0.2) is 16.2 Å². The van der Waals surface area contributed by atoms with Crippen molar-refractivity contribution in [1.82, 2.24) is 4.98 Å². The van der Waals surface area contributed by atoms with Crippen molar-refractivity contribution in [3.8, 4) is 0 Å². The van der Waals surface area contributed by atoms with Gasteiger partial charge in [0.25, 0.3) is 0 Å². The molecule has 18 heavy (non-hydrogen) atoms. The third kappa shape index (κ3) is 3.81. The predicted octanol–water partition coefficient (Wildman–Crippen LogP) is 2.55. The highest BCUT2D eigenvalue weighted by Gasteiger charge is 2.24. The van der Waals surface area contributed by atoms with Gasteiger partial charge in [-0.1, -0.05) is 11.2 Å². The van der Waals surface area contributed by atoms with E-state index in [-0.39, 0.29) is 5.54 Å². The van der Waals surface area contributed by atoms with E-state index in [4.69, 9.17) is 10.6 Å². The molecule has 0 spiro atoms. The van der Waals surface area contributed by atoms with Gasteiger partial charge in [0.2, 0.25) is 0 Å². The second kappa shape index (κ2) is 5.48. The number of rotatable bonds is 3. The van der Waals surface area contributed by atoms with Crippen LogP contribution in [0.5, 0.6) is 0 Å². The smallest absolute Gasteiger partial charge is 0.159 e. The average molecular weight is 247 g/mol. The monoisotopic (exact) mass is 247 g/mol. The normalized spacial score (nSPS) is 23.8. The molecule has 1 heterocycles. The van der Waals surface area contributed by atoms with Crippen molar-refractivity contribution in [2.75, 3.05) is 0 Å². The van der Waals surface area contributed by atoms with Crippen LogP contribution in [-0.2, 0) is 11.4 Å². The van der Waals surface area contributed by atoms with E-state index in [1.807, 2.05) is 25.1 Å². The molecular formula is C14H21N3O. The van der Waals surface area contributed by atoms with Gasteiger partial charge >= 0.3 is 0 Å². The standard InChI is InChI=1S/C14H21N3O/c1-11-4-3-5-13(16-11)10-18-17-12-6-8-14(2,15)9-7-12/h3-5H,6-10,15H2,1-2H3. The summed E-state index contributed by atoms with van der Waals surface area (Å²) in [5.41, 5.74) is 9.07. The van der Waals surface area contributed by atoms with Gasteiger partial charge < -0.3 is 10.6 Å². The van der Waals surface area contributed by atoms with Crippen molar-refractivity contribution in [1.29, 1.82) is 0 Å². The van der Waals surface area contributed by atoms with Crippen molar-refractivity contribution >= 4 is 5.71 Å². The fraction of sp³-hybridized carbons (Fsp3) is 0.571. The van der Waals surface area contributed by atoms with Crippen LogP contribution in [0.1, 0.15) is 44.0 Å². The maximum atomic E-state index is 6.07.